The number of benzene rings is 2. The highest BCUT2D eigenvalue weighted by Gasteiger charge is 2.14. The molecule has 2 rings (SSSR count). The van der Waals surface area contributed by atoms with E-state index in [0.29, 0.717) is 5.56 Å². The van der Waals surface area contributed by atoms with Crippen molar-refractivity contribution in [1.29, 1.82) is 0 Å². The summed E-state index contributed by atoms with van der Waals surface area (Å²) in [4.78, 5) is 0. The van der Waals surface area contributed by atoms with Crippen molar-refractivity contribution in [3.8, 4) is 0 Å². The van der Waals surface area contributed by atoms with Crippen LogP contribution in [-0.2, 0) is 6.42 Å². The second-order valence-electron chi connectivity index (χ2n) is 4.56. The zero-order chi connectivity index (χ0) is 13.8. The molecule has 0 saturated heterocycles. The summed E-state index contributed by atoms with van der Waals surface area (Å²) in [6.45, 7) is 2.13. The quantitative estimate of drug-likeness (QED) is 0.872. The van der Waals surface area contributed by atoms with Crippen LogP contribution in [0, 0.1) is 5.82 Å². The van der Waals surface area contributed by atoms with Gasteiger partial charge in [-0.2, -0.15) is 0 Å². The third-order valence-corrected chi connectivity index (χ3v) is 3.42. The zero-order valence-electron chi connectivity index (χ0n) is 10.7. The van der Waals surface area contributed by atoms with Crippen molar-refractivity contribution in [2.45, 2.75) is 25.9 Å². The SMILES string of the molecule is CCCc1ccc(C(O)c2ccc(F)cc2Cl)cc1. The molecule has 0 heterocycles. The minimum atomic E-state index is -0.830. The summed E-state index contributed by atoms with van der Waals surface area (Å²) in [6, 6.07) is 11.8. The van der Waals surface area contributed by atoms with Crippen LogP contribution in [0.15, 0.2) is 42.5 Å². The van der Waals surface area contributed by atoms with Crippen molar-refractivity contribution < 1.29 is 9.50 Å². The highest BCUT2D eigenvalue weighted by Crippen LogP contribution is 2.29. The minimum Gasteiger partial charge on any atom is -0.384 e. The van der Waals surface area contributed by atoms with Gasteiger partial charge in [0.1, 0.15) is 11.9 Å². The summed E-state index contributed by atoms with van der Waals surface area (Å²) in [5.74, 6) is -0.403. The van der Waals surface area contributed by atoms with E-state index >= 15 is 0 Å². The molecule has 2 aromatic rings. The first-order chi connectivity index (χ1) is 9.11. The minimum absolute atomic E-state index is 0.241. The molecule has 0 aliphatic heterocycles. The lowest BCUT2D eigenvalue weighted by Crippen LogP contribution is -2.01. The maximum absolute atomic E-state index is 13.0. The average Bonchev–Trinajstić information content (AvgIpc) is 2.39. The molecule has 0 aliphatic rings. The Labute approximate surface area is 117 Å². The fourth-order valence-electron chi connectivity index (χ4n) is 2.06. The van der Waals surface area contributed by atoms with Gasteiger partial charge in [0.25, 0.3) is 0 Å². The second-order valence-corrected chi connectivity index (χ2v) is 4.97. The molecule has 0 saturated carbocycles. The molecule has 3 heteroatoms. The fraction of sp³-hybridized carbons (Fsp3) is 0.250. The van der Waals surface area contributed by atoms with Gasteiger partial charge in [-0.1, -0.05) is 55.3 Å². The van der Waals surface area contributed by atoms with E-state index in [1.807, 2.05) is 24.3 Å². The van der Waals surface area contributed by atoms with Crippen molar-refractivity contribution in [3.63, 3.8) is 0 Å². The van der Waals surface area contributed by atoms with Gasteiger partial charge in [-0.05, 0) is 29.7 Å². The lowest BCUT2D eigenvalue weighted by atomic mass is 9.99. The van der Waals surface area contributed by atoms with Crippen molar-refractivity contribution in [2.24, 2.45) is 0 Å². The topological polar surface area (TPSA) is 20.2 Å². The van der Waals surface area contributed by atoms with Gasteiger partial charge in [0.2, 0.25) is 0 Å². The maximum Gasteiger partial charge on any atom is 0.124 e. The summed E-state index contributed by atoms with van der Waals surface area (Å²) in [5.41, 5.74) is 2.52. The summed E-state index contributed by atoms with van der Waals surface area (Å²) < 4.78 is 13.0. The van der Waals surface area contributed by atoms with Gasteiger partial charge in [0, 0.05) is 10.6 Å². The molecule has 0 aliphatic carbocycles. The highest BCUT2D eigenvalue weighted by atomic mass is 35.5. The first-order valence-corrected chi connectivity index (χ1v) is 6.71. The normalized spacial score (nSPS) is 12.4. The van der Waals surface area contributed by atoms with Crippen LogP contribution in [0.1, 0.15) is 36.1 Å². The van der Waals surface area contributed by atoms with E-state index in [2.05, 4.69) is 6.92 Å². The van der Waals surface area contributed by atoms with Gasteiger partial charge in [0.05, 0.1) is 0 Å². The van der Waals surface area contributed by atoms with Crippen LogP contribution in [0.4, 0.5) is 4.39 Å². The Hall–Kier alpha value is -1.38. The first kappa shape index (κ1) is 14.0. The molecule has 1 N–H and O–H groups in total. The third kappa shape index (κ3) is 3.34. The van der Waals surface area contributed by atoms with Crippen LogP contribution >= 0.6 is 11.6 Å². The van der Waals surface area contributed by atoms with Crippen LogP contribution in [0.5, 0.6) is 0 Å². The van der Waals surface area contributed by atoms with E-state index in [-0.39, 0.29) is 5.02 Å². The van der Waals surface area contributed by atoms with E-state index in [4.69, 9.17) is 11.6 Å². The van der Waals surface area contributed by atoms with E-state index < -0.39 is 11.9 Å². The lowest BCUT2D eigenvalue weighted by Gasteiger charge is -2.13. The third-order valence-electron chi connectivity index (χ3n) is 3.09. The number of aliphatic hydroxyl groups is 1. The Balaban J connectivity index is 2.25. The van der Waals surface area contributed by atoms with Crippen LogP contribution in [-0.4, -0.2) is 5.11 Å². The Morgan fingerprint density at radius 2 is 1.84 bits per heavy atom. The van der Waals surface area contributed by atoms with Crippen LogP contribution in [0.25, 0.3) is 0 Å². The molecular weight excluding hydrogens is 263 g/mol. The molecule has 0 amide bonds. The molecule has 19 heavy (non-hydrogen) atoms. The predicted molar refractivity (Wildman–Crippen MR) is 75.9 cm³/mol. The van der Waals surface area contributed by atoms with Crippen molar-refractivity contribution in [2.75, 3.05) is 0 Å². The molecule has 100 valence electrons. The van der Waals surface area contributed by atoms with Crippen LogP contribution < -0.4 is 0 Å². The molecule has 0 spiro atoms. The van der Waals surface area contributed by atoms with Gasteiger partial charge < -0.3 is 5.11 Å². The van der Waals surface area contributed by atoms with Gasteiger partial charge in [0.15, 0.2) is 0 Å². The monoisotopic (exact) mass is 278 g/mol. The Bertz CT molecular complexity index is 551. The van der Waals surface area contributed by atoms with E-state index in [9.17, 15) is 9.50 Å². The molecule has 0 radical (unpaired) electrons. The number of aliphatic hydroxyl groups excluding tert-OH is 1. The number of rotatable bonds is 4. The van der Waals surface area contributed by atoms with E-state index in [1.165, 1.54) is 23.8 Å². The van der Waals surface area contributed by atoms with Gasteiger partial charge >= 0.3 is 0 Å². The second kappa shape index (κ2) is 6.18. The predicted octanol–water partition coefficient (Wildman–Crippen LogP) is 4.51. The highest BCUT2D eigenvalue weighted by molar-refractivity contribution is 6.31. The molecule has 0 fully saturated rings. The summed E-state index contributed by atoms with van der Waals surface area (Å²) in [6.07, 6.45) is 1.28. The van der Waals surface area contributed by atoms with Crippen LogP contribution in [0.2, 0.25) is 5.02 Å². The summed E-state index contributed by atoms with van der Waals surface area (Å²) in [5, 5.41) is 10.5. The standard InChI is InChI=1S/C16H16ClFO/c1-2-3-11-4-6-12(7-5-11)16(19)14-9-8-13(18)10-15(14)17/h4-10,16,19H,2-3H2,1H3. The lowest BCUT2D eigenvalue weighted by molar-refractivity contribution is 0.220. The number of halogens is 2. The Morgan fingerprint density at radius 3 is 2.42 bits per heavy atom. The molecule has 0 aromatic heterocycles. The molecule has 2 aromatic carbocycles. The van der Waals surface area contributed by atoms with Gasteiger partial charge in [-0.3, -0.25) is 0 Å². The van der Waals surface area contributed by atoms with Gasteiger partial charge in [-0.25, -0.2) is 4.39 Å². The van der Waals surface area contributed by atoms with Crippen molar-refractivity contribution in [3.05, 3.63) is 70.0 Å². The number of hydrogen-bond acceptors (Lipinski definition) is 1. The van der Waals surface area contributed by atoms with Crippen LogP contribution in [0.3, 0.4) is 0 Å². The van der Waals surface area contributed by atoms with Gasteiger partial charge in [-0.15, -0.1) is 0 Å². The largest absolute Gasteiger partial charge is 0.384 e. The molecule has 1 atom stereocenters. The van der Waals surface area contributed by atoms with E-state index in [0.717, 1.165) is 18.4 Å². The summed E-state index contributed by atoms with van der Waals surface area (Å²) in [7, 11) is 0. The van der Waals surface area contributed by atoms with Crippen molar-refractivity contribution in [1.82, 2.24) is 0 Å². The molecule has 1 unspecified atom stereocenters. The summed E-state index contributed by atoms with van der Waals surface area (Å²) >= 11 is 5.96. The number of hydrogen-bond donors (Lipinski definition) is 1. The Morgan fingerprint density at radius 1 is 1.16 bits per heavy atom. The smallest absolute Gasteiger partial charge is 0.124 e. The average molecular weight is 279 g/mol. The maximum atomic E-state index is 13.0. The Kier molecular flexibility index (Phi) is 4.56. The first-order valence-electron chi connectivity index (χ1n) is 6.33. The molecule has 1 nitrogen and oxygen atoms in total. The zero-order valence-corrected chi connectivity index (χ0v) is 11.5. The molecular formula is C16H16ClFO. The van der Waals surface area contributed by atoms with Crippen molar-refractivity contribution >= 4 is 11.6 Å². The van der Waals surface area contributed by atoms with E-state index in [1.54, 1.807) is 0 Å². The fourth-order valence-corrected chi connectivity index (χ4v) is 2.33. The number of aryl methyl sites for hydroxylation is 1. The molecule has 0 bridgehead atoms.